The molecule has 0 aliphatic carbocycles. The first-order valence-electron chi connectivity index (χ1n) is 9.89. The number of carbonyl (C=O) groups is 2. The summed E-state index contributed by atoms with van der Waals surface area (Å²) in [6.45, 7) is 1.94. The Morgan fingerprint density at radius 1 is 0.903 bits per heavy atom. The van der Waals surface area contributed by atoms with Gasteiger partial charge in [-0.25, -0.2) is 9.96 Å². The lowest BCUT2D eigenvalue weighted by molar-refractivity contribution is -0.126. The van der Waals surface area contributed by atoms with Gasteiger partial charge in [0.05, 0.1) is 17.4 Å². The molecule has 7 heteroatoms. The van der Waals surface area contributed by atoms with E-state index in [-0.39, 0.29) is 11.7 Å². The highest BCUT2D eigenvalue weighted by Crippen LogP contribution is 2.49. The fourth-order valence-corrected chi connectivity index (χ4v) is 4.62. The van der Waals surface area contributed by atoms with Crippen molar-refractivity contribution in [3.8, 4) is 5.75 Å². The van der Waals surface area contributed by atoms with E-state index >= 15 is 0 Å². The number of halogens is 1. The second-order valence-corrected chi connectivity index (χ2v) is 8.62. The quantitative estimate of drug-likeness (QED) is 0.560. The van der Waals surface area contributed by atoms with Gasteiger partial charge in [-0.1, -0.05) is 51.8 Å². The Morgan fingerprint density at radius 3 is 2.32 bits per heavy atom. The number of anilines is 2. The molecule has 2 aliphatic rings. The third kappa shape index (κ3) is 3.21. The maximum Gasteiger partial charge on any atom is 0.266 e. The highest BCUT2D eigenvalue weighted by atomic mass is 79.9. The van der Waals surface area contributed by atoms with Gasteiger partial charge < -0.3 is 5.11 Å². The van der Waals surface area contributed by atoms with E-state index in [9.17, 15) is 14.7 Å². The van der Waals surface area contributed by atoms with Crippen LogP contribution in [0.3, 0.4) is 0 Å². The van der Waals surface area contributed by atoms with Crippen molar-refractivity contribution in [3.63, 3.8) is 0 Å². The summed E-state index contributed by atoms with van der Waals surface area (Å²) < 4.78 is 0.754. The molecule has 2 amide bonds. The number of phenolic OH excluding ortho intramolecular Hbond substituents is 1. The zero-order valence-electron chi connectivity index (χ0n) is 16.6. The molecule has 31 heavy (non-hydrogen) atoms. The van der Waals surface area contributed by atoms with Gasteiger partial charge in [0.15, 0.2) is 6.10 Å². The molecule has 6 nitrogen and oxygen atoms in total. The summed E-state index contributed by atoms with van der Waals surface area (Å²) in [6.07, 6.45) is -0.975. The molecule has 2 saturated heterocycles. The molecule has 0 bridgehead atoms. The molecule has 2 aliphatic heterocycles. The third-order valence-electron chi connectivity index (χ3n) is 5.73. The summed E-state index contributed by atoms with van der Waals surface area (Å²) >= 11 is 3.44. The van der Waals surface area contributed by atoms with Gasteiger partial charge in [0.2, 0.25) is 5.91 Å². The zero-order valence-corrected chi connectivity index (χ0v) is 18.2. The lowest BCUT2D eigenvalue weighted by atomic mass is 9.90. The van der Waals surface area contributed by atoms with Gasteiger partial charge in [-0.2, -0.15) is 0 Å². The Hall–Kier alpha value is -3.16. The first-order chi connectivity index (χ1) is 15.0. The summed E-state index contributed by atoms with van der Waals surface area (Å²) in [5, 5.41) is 12.2. The van der Waals surface area contributed by atoms with E-state index in [4.69, 9.17) is 4.84 Å². The number of carbonyl (C=O) groups excluding carboxylic acids is 2. The Morgan fingerprint density at radius 2 is 1.61 bits per heavy atom. The van der Waals surface area contributed by atoms with Crippen LogP contribution >= 0.6 is 15.9 Å². The number of rotatable bonds is 3. The number of imide groups is 1. The number of hydroxylamine groups is 1. The topological polar surface area (TPSA) is 70.1 Å². The molecule has 2 heterocycles. The first kappa shape index (κ1) is 19.8. The largest absolute Gasteiger partial charge is 0.508 e. The molecule has 0 radical (unpaired) electrons. The summed E-state index contributed by atoms with van der Waals surface area (Å²) in [7, 11) is 0. The zero-order chi connectivity index (χ0) is 21.7. The highest BCUT2D eigenvalue weighted by Gasteiger charge is 2.60. The third-order valence-corrected chi connectivity index (χ3v) is 6.22. The van der Waals surface area contributed by atoms with Crippen molar-refractivity contribution >= 4 is 39.1 Å². The molecule has 2 fully saturated rings. The van der Waals surface area contributed by atoms with Gasteiger partial charge in [-0.3, -0.25) is 14.4 Å². The van der Waals surface area contributed by atoms with Crippen LogP contribution in [0.25, 0.3) is 0 Å². The maximum absolute atomic E-state index is 13.5. The van der Waals surface area contributed by atoms with Crippen molar-refractivity contribution in [1.29, 1.82) is 0 Å². The minimum Gasteiger partial charge on any atom is -0.508 e. The van der Waals surface area contributed by atoms with Gasteiger partial charge in [-0.05, 0) is 49.4 Å². The Kier molecular flexibility index (Phi) is 4.79. The average Bonchev–Trinajstić information content (AvgIpc) is 3.28. The van der Waals surface area contributed by atoms with E-state index < -0.39 is 24.0 Å². The Balaban J connectivity index is 1.62. The summed E-state index contributed by atoms with van der Waals surface area (Å²) in [5.41, 5.74) is 2.76. The van der Waals surface area contributed by atoms with E-state index in [1.54, 1.807) is 35.4 Å². The number of nitrogens with zero attached hydrogens (tertiary/aromatic N) is 2. The second-order valence-electron chi connectivity index (χ2n) is 7.71. The molecule has 5 rings (SSSR count). The maximum atomic E-state index is 13.5. The van der Waals surface area contributed by atoms with Crippen molar-refractivity contribution in [1.82, 2.24) is 0 Å². The van der Waals surface area contributed by atoms with Crippen LogP contribution in [0, 0.1) is 12.8 Å². The molecule has 3 aromatic carbocycles. The molecule has 0 unspecified atom stereocenters. The van der Waals surface area contributed by atoms with Crippen LogP contribution in [0.1, 0.15) is 17.2 Å². The van der Waals surface area contributed by atoms with E-state index in [0.29, 0.717) is 16.9 Å². The number of hydrogen-bond acceptors (Lipinski definition) is 5. The SMILES string of the molecule is Cc1ccc(N2C(=O)[C@@H]3[C@H](ON(c4ccccc4)[C@H]3c3cc(Br)ccc3O)C2=O)cc1. The normalized spacial score (nSPS) is 22.8. The molecule has 3 atom stereocenters. The van der Waals surface area contributed by atoms with Crippen LogP contribution in [-0.4, -0.2) is 23.0 Å². The van der Waals surface area contributed by atoms with Crippen molar-refractivity contribution in [2.45, 2.75) is 19.1 Å². The van der Waals surface area contributed by atoms with Crippen LogP contribution in [0.2, 0.25) is 0 Å². The van der Waals surface area contributed by atoms with Gasteiger partial charge >= 0.3 is 0 Å². The first-order valence-corrected chi connectivity index (χ1v) is 10.7. The lowest BCUT2D eigenvalue weighted by Gasteiger charge is -2.29. The molecule has 0 aromatic heterocycles. The number of benzene rings is 3. The predicted octanol–water partition coefficient (Wildman–Crippen LogP) is 4.51. The van der Waals surface area contributed by atoms with Gasteiger partial charge in [0.25, 0.3) is 5.91 Å². The minimum absolute atomic E-state index is 0.0346. The van der Waals surface area contributed by atoms with E-state index in [0.717, 1.165) is 10.0 Å². The molecular weight excluding hydrogens is 460 g/mol. The number of phenols is 1. The fraction of sp³-hybridized carbons (Fsp3) is 0.167. The fourth-order valence-electron chi connectivity index (χ4n) is 4.24. The lowest BCUT2D eigenvalue weighted by Crippen LogP contribution is -2.37. The number of hydrogen-bond donors (Lipinski definition) is 1. The van der Waals surface area contributed by atoms with E-state index in [2.05, 4.69) is 15.9 Å². The van der Waals surface area contributed by atoms with E-state index in [1.807, 2.05) is 49.4 Å². The number of aryl methyl sites for hydroxylation is 1. The van der Waals surface area contributed by atoms with Gasteiger partial charge in [-0.15, -0.1) is 0 Å². The van der Waals surface area contributed by atoms with E-state index in [1.165, 1.54) is 4.90 Å². The molecule has 0 spiro atoms. The molecule has 3 aromatic rings. The minimum atomic E-state index is -0.975. The van der Waals surface area contributed by atoms with Crippen LogP contribution in [0.5, 0.6) is 5.75 Å². The number of aromatic hydroxyl groups is 1. The Bertz CT molecular complexity index is 1170. The number of fused-ring (bicyclic) bond motifs is 1. The predicted molar refractivity (Wildman–Crippen MR) is 120 cm³/mol. The van der Waals surface area contributed by atoms with Crippen molar-refractivity contribution < 1.29 is 19.5 Å². The standard InChI is InChI=1S/C24H19BrN2O4/c1-14-7-10-16(11-8-14)26-23(29)20-21(18-13-15(25)9-12-19(18)28)27(31-22(20)24(26)30)17-5-3-2-4-6-17/h2-13,20-22,28H,1H3/t20-,21-,22-/m0/s1. The van der Waals surface area contributed by atoms with Crippen molar-refractivity contribution in [2.24, 2.45) is 5.92 Å². The molecular formula is C24H19BrN2O4. The Labute approximate surface area is 187 Å². The number of amides is 2. The van der Waals surface area contributed by atoms with Crippen LogP contribution < -0.4 is 9.96 Å². The van der Waals surface area contributed by atoms with Gasteiger partial charge in [0, 0.05) is 10.0 Å². The van der Waals surface area contributed by atoms with Crippen LogP contribution in [0.15, 0.2) is 77.3 Å². The smallest absolute Gasteiger partial charge is 0.266 e. The average molecular weight is 479 g/mol. The van der Waals surface area contributed by atoms with Crippen LogP contribution in [-0.2, 0) is 14.4 Å². The molecule has 0 saturated carbocycles. The molecule has 156 valence electrons. The highest BCUT2D eigenvalue weighted by molar-refractivity contribution is 9.10. The van der Waals surface area contributed by atoms with Crippen molar-refractivity contribution in [3.05, 3.63) is 88.4 Å². The summed E-state index contributed by atoms with van der Waals surface area (Å²) in [5.74, 6) is -1.51. The summed E-state index contributed by atoms with van der Waals surface area (Å²) in [6, 6.07) is 20.9. The number of para-hydroxylation sites is 1. The monoisotopic (exact) mass is 478 g/mol. The second kappa shape index (κ2) is 7.51. The van der Waals surface area contributed by atoms with Gasteiger partial charge in [0.1, 0.15) is 11.7 Å². The summed E-state index contributed by atoms with van der Waals surface area (Å²) in [4.78, 5) is 34.1. The van der Waals surface area contributed by atoms with Crippen molar-refractivity contribution in [2.75, 3.05) is 9.96 Å². The molecule has 1 N–H and O–H groups in total. The van der Waals surface area contributed by atoms with Crippen LogP contribution in [0.4, 0.5) is 11.4 Å².